The number of hydrogen-bond donors (Lipinski definition) is 0. The first-order valence-electron chi connectivity index (χ1n) is 12.8. The Hall–Kier alpha value is -3.39. The summed E-state index contributed by atoms with van der Waals surface area (Å²) in [4.78, 5) is 21.2. The molecule has 0 amide bonds. The van der Waals surface area contributed by atoms with Crippen molar-refractivity contribution in [3.63, 3.8) is 0 Å². The largest absolute Gasteiger partial charge is 0.493 e. The van der Waals surface area contributed by atoms with Crippen LogP contribution in [-0.2, 0) is 11.2 Å². The van der Waals surface area contributed by atoms with E-state index in [-0.39, 0.29) is 12.1 Å². The van der Waals surface area contributed by atoms with Gasteiger partial charge in [0.1, 0.15) is 12.3 Å². The highest BCUT2D eigenvalue weighted by Crippen LogP contribution is 2.36. The molecule has 5 rings (SSSR count). The molecule has 8 heteroatoms. The van der Waals surface area contributed by atoms with Crippen molar-refractivity contribution in [1.82, 2.24) is 15.0 Å². The highest BCUT2D eigenvalue weighted by Gasteiger charge is 2.36. The third-order valence-electron chi connectivity index (χ3n) is 7.23. The summed E-state index contributed by atoms with van der Waals surface area (Å²) in [6, 6.07) is 16.1. The van der Waals surface area contributed by atoms with Gasteiger partial charge in [-0.05, 0) is 56.7 Å². The van der Waals surface area contributed by atoms with Crippen molar-refractivity contribution in [1.29, 1.82) is 0 Å². The lowest BCUT2D eigenvalue weighted by Crippen LogP contribution is -2.55. The highest BCUT2D eigenvalue weighted by molar-refractivity contribution is 5.60. The molecule has 2 fully saturated rings. The van der Waals surface area contributed by atoms with Crippen molar-refractivity contribution in [2.24, 2.45) is 0 Å². The van der Waals surface area contributed by atoms with E-state index < -0.39 is 6.04 Å². The second kappa shape index (κ2) is 11.1. The maximum Gasteiger partial charge on any atom is 0.251 e. The molecule has 1 unspecified atom stereocenters. The molecule has 1 aliphatic carbocycles. The molecule has 190 valence electrons. The number of benzene rings is 2. The normalized spacial score (nSPS) is 19.8. The SMILES string of the molecule is COc1ccc(N2CCN([C@H](C=O)c3nc(C)no3)C(Cc3ccccc3)C2)cc1OC1CCCC1. The Kier molecular flexibility index (Phi) is 7.51. The van der Waals surface area contributed by atoms with Crippen LogP contribution in [0.5, 0.6) is 11.5 Å². The zero-order chi connectivity index (χ0) is 24.9. The van der Waals surface area contributed by atoms with Gasteiger partial charge in [-0.15, -0.1) is 0 Å². The fourth-order valence-electron chi connectivity index (χ4n) is 5.39. The van der Waals surface area contributed by atoms with E-state index >= 15 is 0 Å². The Balaban J connectivity index is 1.40. The summed E-state index contributed by atoms with van der Waals surface area (Å²) in [5, 5.41) is 3.91. The number of hydrogen-bond acceptors (Lipinski definition) is 8. The molecule has 2 aliphatic rings. The third kappa shape index (κ3) is 5.38. The Labute approximate surface area is 212 Å². The van der Waals surface area contributed by atoms with Crippen LogP contribution in [0.4, 0.5) is 5.69 Å². The number of carbonyl (C=O) groups excluding carboxylic acids is 1. The predicted molar refractivity (Wildman–Crippen MR) is 137 cm³/mol. The van der Waals surface area contributed by atoms with Crippen molar-refractivity contribution < 1.29 is 18.8 Å². The average molecular weight is 491 g/mol. The molecule has 8 nitrogen and oxygen atoms in total. The van der Waals surface area contributed by atoms with Crippen LogP contribution in [0.3, 0.4) is 0 Å². The van der Waals surface area contributed by atoms with Crippen LogP contribution in [0.15, 0.2) is 53.1 Å². The van der Waals surface area contributed by atoms with Gasteiger partial charge in [0.2, 0.25) is 0 Å². The molecule has 1 saturated carbocycles. The minimum absolute atomic E-state index is 0.0739. The maximum absolute atomic E-state index is 12.2. The molecule has 1 aromatic heterocycles. The molecular formula is C28H34N4O4. The number of rotatable bonds is 9. The lowest BCUT2D eigenvalue weighted by atomic mass is 9.99. The highest BCUT2D eigenvalue weighted by atomic mass is 16.5. The van der Waals surface area contributed by atoms with E-state index in [2.05, 4.69) is 56.3 Å². The van der Waals surface area contributed by atoms with Crippen molar-refractivity contribution in [3.05, 3.63) is 65.8 Å². The molecule has 2 aromatic carbocycles. The zero-order valence-corrected chi connectivity index (χ0v) is 21.0. The van der Waals surface area contributed by atoms with Gasteiger partial charge in [0.05, 0.1) is 13.2 Å². The molecule has 2 heterocycles. The molecule has 1 saturated heterocycles. The van der Waals surface area contributed by atoms with Gasteiger partial charge in [-0.25, -0.2) is 0 Å². The van der Waals surface area contributed by atoms with Gasteiger partial charge in [0, 0.05) is 37.4 Å². The van der Waals surface area contributed by atoms with E-state index in [1.54, 1.807) is 14.0 Å². The Morgan fingerprint density at radius 3 is 2.61 bits per heavy atom. The van der Waals surface area contributed by atoms with Crippen LogP contribution >= 0.6 is 0 Å². The fourth-order valence-corrected chi connectivity index (χ4v) is 5.39. The van der Waals surface area contributed by atoms with E-state index in [0.717, 1.165) is 55.8 Å². The number of piperazine rings is 1. The zero-order valence-electron chi connectivity index (χ0n) is 21.0. The third-order valence-corrected chi connectivity index (χ3v) is 7.23. The summed E-state index contributed by atoms with van der Waals surface area (Å²) in [7, 11) is 1.68. The van der Waals surface area contributed by atoms with Gasteiger partial charge in [0.15, 0.2) is 17.3 Å². The average Bonchev–Trinajstić information content (AvgIpc) is 3.58. The first-order chi connectivity index (χ1) is 17.6. The Morgan fingerprint density at radius 2 is 1.92 bits per heavy atom. The molecule has 0 radical (unpaired) electrons. The first kappa shape index (κ1) is 24.3. The van der Waals surface area contributed by atoms with E-state index in [1.807, 2.05) is 12.1 Å². The lowest BCUT2D eigenvalue weighted by Gasteiger charge is -2.44. The van der Waals surface area contributed by atoms with Gasteiger partial charge in [-0.2, -0.15) is 4.98 Å². The standard InChI is InChI=1S/C28H34N4O4/c1-20-29-28(36-30-20)25(19-33)32-15-14-31(18-23(32)16-21-8-4-3-5-9-21)22-12-13-26(34-2)27(17-22)35-24-10-6-7-11-24/h3-5,8-9,12-13,17,19,23-25H,6-7,10-11,14-16,18H2,1-2H3/t23?,25-/m1/s1. The number of aldehydes is 1. The molecule has 3 aromatic rings. The van der Waals surface area contributed by atoms with Gasteiger partial charge in [0.25, 0.3) is 5.89 Å². The molecule has 0 bridgehead atoms. The maximum atomic E-state index is 12.2. The monoisotopic (exact) mass is 490 g/mol. The number of nitrogens with zero attached hydrogens (tertiary/aromatic N) is 4. The molecule has 0 spiro atoms. The van der Waals surface area contributed by atoms with Gasteiger partial charge in [-0.3, -0.25) is 4.90 Å². The van der Waals surface area contributed by atoms with Crippen LogP contribution < -0.4 is 14.4 Å². The van der Waals surface area contributed by atoms with Crippen LogP contribution in [-0.4, -0.2) is 60.2 Å². The van der Waals surface area contributed by atoms with Gasteiger partial charge < -0.3 is 23.7 Å². The van der Waals surface area contributed by atoms with Crippen molar-refractivity contribution in [2.45, 2.75) is 57.2 Å². The quantitative estimate of drug-likeness (QED) is 0.409. The van der Waals surface area contributed by atoms with E-state index in [9.17, 15) is 4.79 Å². The van der Waals surface area contributed by atoms with Crippen molar-refractivity contribution in [2.75, 3.05) is 31.6 Å². The molecule has 1 aliphatic heterocycles. The smallest absolute Gasteiger partial charge is 0.251 e. The summed E-state index contributed by atoms with van der Waals surface area (Å²) >= 11 is 0. The van der Waals surface area contributed by atoms with Crippen LogP contribution in [0.25, 0.3) is 0 Å². The van der Waals surface area contributed by atoms with E-state index in [1.165, 1.54) is 18.4 Å². The first-order valence-corrected chi connectivity index (χ1v) is 12.8. The van der Waals surface area contributed by atoms with Crippen LogP contribution in [0.2, 0.25) is 0 Å². The summed E-state index contributed by atoms with van der Waals surface area (Å²) in [5.41, 5.74) is 2.32. The molecule has 2 atom stereocenters. The number of anilines is 1. The van der Waals surface area contributed by atoms with Crippen molar-refractivity contribution in [3.8, 4) is 11.5 Å². The summed E-state index contributed by atoms with van der Waals surface area (Å²) in [5.74, 6) is 2.45. The van der Waals surface area contributed by atoms with Crippen LogP contribution in [0, 0.1) is 6.92 Å². The number of aryl methyl sites for hydroxylation is 1. The lowest BCUT2D eigenvalue weighted by molar-refractivity contribution is -0.114. The summed E-state index contributed by atoms with van der Waals surface area (Å²) in [6.45, 7) is 3.97. The number of aromatic nitrogens is 2. The van der Waals surface area contributed by atoms with Crippen LogP contribution in [0.1, 0.15) is 49.0 Å². The second-order valence-electron chi connectivity index (χ2n) is 9.65. The van der Waals surface area contributed by atoms with E-state index in [0.29, 0.717) is 18.3 Å². The van der Waals surface area contributed by atoms with E-state index in [4.69, 9.17) is 14.0 Å². The van der Waals surface area contributed by atoms with Gasteiger partial charge in [-0.1, -0.05) is 35.5 Å². The second-order valence-corrected chi connectivity index (χ2v) is 9.65. The molecule has 36 heavy (non-hydrogen) atoms. The minimum Gasteiger partial charge on any atom is -0.493 e. The fraction of sp³-hybridized carbons (Fsp3) is 0.464. The topological polar surface area (TPSA) is 80.9 Å². The molecular weight excluding hydrogens is 456 g/mol. The Bertz CT molecular complexity index is 1150. The Morgan fingerprint density at radius 1 is 1.11 bits per heavy atom. The summed E-state index contributed by atoms with van der Waals surface area (Å²) in [6.07, 6.45) is 6.59. The molecule has 0 N–H and O–H groups in total. The summed E-state index contributed by atoms with van der Waals surface area (Å²) < 4.78 is 17.4. The number of carbonyl (C=O) groups is 1. The van der Waals surface area contributed by atoms with Crippen molar-refractivity contribution >= 4 is 12.0 Å². The number of ether oxygens (including phenoxy) is 2. The minimum atomic E-state index is -0.570. The predicted octanol–water partition coefficient (Wildman–Crippen LogP) is 4.38. The van der Waals surface area contributed by atoms with Gasteiger partial charge >= 0.3 is 0 Å². The number of methoxy groups -OCH3 is 1.